The fourth-order valence-corrected chi connectivity index (χ4v) is 4.05. The van der Waals surface area contributed by atoms with Gasteiger partial charge in [0.2, 0.25) is 0 Å². The first-order chi connectivity index (χ1) is 14.0. The second kappa shape index (κ2) is 7.76. The summed E-state index contributed by atoms with van der Waals surface area (Å²) in [5.41, 5.74) is 3.29. The minimum absolute atomic E-state index is 0.0703. The van der Waals surface area contributed by atoms with E-state index in [4.69, 9.17) is 11.6 Å². The summed E-state index contributed by atoms with van der Waals surface area (Å²) in [5, 5.41) is 0.549. The molecule has 4 heteroatoms. The van der Waals surface area contributed by atoms with Crippen LogP contribution in [0.15, 0.2) is 72.8 Å². The number of fused-ring (bicyclic) bond motifs is 1. The Morgan fingerprint density at radius 1 is 0.862 bits per heavy atom. The van der Waals surface area contributed by atoms with Crippen LogP contribution < -0.4 is 0 Å². The fraction of sp³-hybridized carbons (Fsp3) is 0.160. The van der Waals surface area contributed by atoms with Gasteiger partial charge in [-0.3, -0.25) is 14.4 Å². The van der Waals surface area contributed by atoms with E-state index < -0.39 is 11.8 Å². The molecule has 1 aliphatic carbocycles. The van der Waals surface area contributed by atoms with Crippen LogP contribution in [0, 0.1) is 12.8 Å². The van der Waals surface area contributed by atoms with E-state index in [0.717, 1.165) is 11.1 Å². The van der Waals surface area contributed by atoms with Crippen molar-refractivity contribution in [1.29, 1.82) is 0 Å². The van der Waals surface area contributed by atoms with E-state index in [1.165, 1.54) is 0 Å². The third kappa shape index (κ3) is 3.66. The number of halogens is 1. The van der Waals surface area contributed by atoms with Gasteiger partial charge in [-0.15, -0.1) is 0 Å². The largest absolute Gasteiger partial charge is 0.294 e. The van der Waals surface area contributed by atoms with Crippen molar-refractivity contribution >= 4 is 29.0 Å². The number of aryl methyl sites for hydroxylation is 1. The molecular formula is C25H19ClO3. The van der Waals surface area contributed by atoms with Crippen LogP contribution in [0.4, 0.5) is 0 Å². The fourth-order valence-electron chi connectivity index (χ4n) is 3.93. The van der Waals surface area contributed by atoms with Gasteiger partial charge in [0.1, 0.15) is 0 Å². The molecule has 4 rings (SSSR count). The van der Waals surface area contributed by atoms with Crippen molar-refractivity contribution in [2.75, 3.05) is 0 Å². The number of hydrogen-bond donors (Lipinski definition) is 0. The molecule has 0 bridgehead atoms. The lowest BCUT2D eigenvalue weighted by Crippen LogP contribution is -2.26. The predicted molar refractivity (Wildman–Crippen MR) is 113 cm³/mol. The van der Waals surface area contributed by atoms with E-state index in [-0.39, 0.29) is 23.8 Å². The number of benzene rings is 3. The van der Waals surface area contributed by atoms with Crippen molar-refractivity contribution in [1.82, 2.24) is 0 Å². The van der Waals surface area contributed by atoms with Gasteiger partial charge in [0.15, 0.2) is 17.3 Å². The van der Waals surface area contributed by atoms with Crippen molar-refractivity contribution in [3.8, 4) is 0 Å². The molecule has 144 valence electrons. The second-order valence-corrected chi connectivity index (χ2v) is 7.84. The summed E-state index contributed by atoms with van der Waals surface area (Å²) in [4.78, 5) is 39.2. The molecule has 0 fully saturated rings. The van der Waals surface area contributed by atoms with Crippen LogP contribution in [0.1, 0.15) is 54.5 Å². The molecule has 1 unspecified atom stereocenters. The molecule has 1 atom stereocenters. The summed E-state index contributed by atoms with van der Waals surface area (Å²) in [5.74, 6) is -1.94. The Morgan fingerprint density at radius 3 is 1.97 bits per heavy atom. The zero-order valence-corrected chi connectivity index (χ0v) is 16.6. The highest BCUT2D eigenvalue weighted by atomic mass is 35.5. The number of carbonyl (C=O) groups excluding carboxylic acids is 3. The van der Waals surface area contributed by atoms with Crippen LogP contribution in [0.5, 0.6) is 0 Å². The summed E-state index contributed by atoms with van der Waals surface area (Å²) < 4.78 is 0. The van der Waals surface area contributed by atoms with Gasteiger partial charge in [0, 0.05) is 34.1 Å². The van der Waals surface area contributed by atoms with Crippen LogP contribution in [0.25, 0.3) is 0 Å². The molecule has 0 amide bonds. The Labute approximate surface area is 174 Å². The molecular weight excluding hydrogens is 384 g/mol. The normalized spacial score (nSPS) is 14.7. The minimum Gasteiger partial charge on any atom is -0.294 e. The summed E-state index contributed by atoms with van der Waals surface area (Å²) in [7, 11) is 0. The van der Waals surface area contributed by atoms with Gasteiger partial charge < -0.3 is 0 Å². The molecule has 0 saturated heterocycles. The summed E-state index contributed by atoms with van der Waals surface area (Å²) in [6.45, 7) is 1.97. The maximum Gasteiger partial charge on any atom is 0.175 e. The molecule has 0 aromatic heterocycles. The lowest BCUT2D eigenvalue weighted by Gasteiger charge is -2.22. The second-order valence-electron chi connectivity index (χ2n) is 7.40. The van der Waals surface area contributed by atoms with Gasteiger partial charge >= 0.3 is 0 Å². The van der Waals surface area contributed by atoms with E-state index >= 15 is 0 Å². The van der Waals surface area contributed by atoms with Gasteiger partial charge in [-0.05, 0) is 36.8 Å². The van der Waals surface area contributed by atoms with Crippen LogP contribution in [-0.2, 0) is 0 Å². The van der Waals surface area contributed by atoms with Gasteiger partial charge in [0.05, 0.1) is 5.92 Å². The topological polar surface area (TPSA) is 51.2 Å². The molecule has 3 nitrogen and oxygen atoms in total. The Hall–Kier alpha value is -3.04. The van der Waals surface area contributed by atoms with Gasteiger partial charge in [0.25, 0.3) is 0 Å². The highest BCUT2D eigenvalue weighted by molar-refractivity contribution is 6.30. The number of hydrogen-bond acceptors (Lipinski definition) is 3. The Morgan fingerprint density at radius 2 is 1.41 bits per heavy atom. The number of Topliss-reactive ketones (excluding diaryl/α,β-unsaturated/α-hetero) is 3. The van der Waals surface area contributed by atoms with Crippen molar-refractivity contribution < 1.29 is 14.4 Å². The molecule has 0 radical (unpaired) electrons. The van der Waals surface area contributed by atoms with E-state index in [1.807, 2.05) is 31.2 Å². The molecule has 3 aromatic rings. The van der Waals surface area contributed by atoms with Gasteiger partial charge in [-0.1, -0.05) is 65.7 Å². The molecule has 0 heterocycles. The number of ketones is 3. The van der Waals surface area contributed by atoms with Crippen LogP contribution in [0.2, 0.25) is 5.02 Å². The first-order valence-corrected chi connectivity index (χ1v) is 9.86. The Bertz CT molecular complexity index is 1060. The van der Waals surface area contributed by atoms with Gasteiger partial charge in [-0.2, -0.15) is 0 Å². The lowest BCUT2D eigenvalue weighted by molar-refractivity contribution is 0.0802. The molecule has 0 aliphatic heterocycles. The molecule has 1 aliphatic rings. The third-order valence-corrected chi connectivity index (χ3v) is 5.75. The van der Waals surface area contributed by atoms with Crippen LogP contribution in [-0.4, -0.2) is 17.3 Å². The Balaban J connectivity index is 1.72. The van der Waals surface area contributed by atoms with Gasteiger partial charge in [-0.25, -0.2) is 0 Å². The summed E-state index contributed by atoms with van der Waals surface area (Å²) in [6, 6.07) is 21.2. The molecule has 29 heavy (non-hydrogen) atoms. The van der Waals surface area contributed by atoms with E-state index in [1.54, 1.807) is 48.5 Å². The standard InChI is InChI=1S/C25H19ClO3/c1-15-6-8-16(9-7-15)21(14-22(27)17-10-12-18(26)13-11-17)23-24(28)19-4-2-3-5-20(19)25(23)29/h2-13,21,23H,14H2,1H3. The van der Waals surface area contributed by atoms with Crippen LogP contribution >= 0.6 is 11.6 Å². The smallest absolute Gasteiger partial charge is 0.175 e. The van der Waals surface area contributed by atoms with E-state index in [9.17, 15) is 14.4 Å². The molecule has 0 N–H and O–H groups in total. The molecule has 3 aromatic carbocycles. The lowest BCUT2D eigenvalue weighted by atomic mass is 9.78. The average molecular weight is 403 g/mol. The van der Waals surface area contributed by atoms with Crippen molar-refractivity contribution in [3.05, 3.63) is 106 Å². The summed E-state index contributed by atoms with van der Waals surface area (Å²) in [6.07, 6.45) is 0.0703. The van der Waals surface area contributed by atoms with Crippen molar-refractivity contribution in [2.24, 2.45) is 5.92 Å². The van der Waals surface area contributed by atoms with Crippen molar-refractivity contribution in [2.45, 2.75) is 19.3 Å². The highest BCUT2D eigenvalue weighted by Crippen LogP contribution is 2.39. The van der Waals surface area contributed by atoms with Crippen LogP contribution in [0.3, 0.4) is 0 Å². The summed E-state index contributed by atoms with van der Waals surface area (Å²) >= 11 is 5.93. The average Bonchev–Trinajstić information content (AvgIpc) is 2.98. The first-order valence-electron chi connectivity index (χ1n) is 9.48. The molecule has 0 saturated carbocycles. The minimum atomic E-state index is -0.883. The number of carbonyl (C=O) groups is 3. The van der Waals surface area contributed by atoms with E-state index in [0.29, 0.717) is 21.7 Å². The molecule has 0 spiro atoms. The van der Waals surface area contributed by atoms with Crippen molar-refractivity contribution in [3.63, 3.8) is 0 Å². The Kier molecular flexibility index (Phi) is 5.16. The maximum absolute atomic E-state index is 13.1. The number of rotatable bonds is 5. The quantitative estimate of drug-likeness (QED) is 0.406. The maximum atomic E-state index is 13.1. The highest BCUT2D eigenvalue weighted by Gasteiger charge is 2.44. The first kappa shape index (κ1) is 19.3. The predicted octanol–water partition coefficient (Wildman–Crippen LogP) is 5.70. The SMILES string of the molecule is Cc1ccc(C(CC(=O)c2ccc(Cl)cc2)C2C(=O)c3ccccc3C2=O)cc1. The monoisotopic (exact) mass is 402 g/mol. The van der Waals surface area contributed by atoms with E-state index in [2.05, 4.69) is 0 Å². The zero-order chi connectivity index (χ0) is 20.5. The zero-order valence-electron chi connectivity index (χ0n) is 15.9. The third-order valence-electron chi connectivity index (χ3n) is 5.50.